The van der Waals surface area contributed by atoms with E-state index in [1.54, 1.807) is 0 Å². The van der Waals surface area contributed by atoms with Crippen molar-refractivity contribution in [1.82, 2.24) is 5.32 Å². The molecule has 0 fully saturated rings. The van der Waals surface area contributed by atoms with Gasteiger partial charge in [-0.2, -0.15) is 0 Å². The van der Waals surface area contributed by atoms with Crippen LogP contribution in [-0.2, 0) is 27.9 Å². The predicted octanol–water partition coefficient (Wildman–Crippen LogP) is 14.7. The maximum absolute atomic E-state index is 13.4. The molecule has 3 atom stereocenters. The molecule has 0 aliphatic rings. The molecule has 0 spiro atoms. The van der Waals surface area contributed by atoms with Gasteiger partial charge in [-0.3, -0.25) is 18.6 Å². The first kappa shape index (κ1) is 59.5. The average Bonchev–Trinajstić information content (AvgIpc) is 3.21. The molecule has 10 heteroatoms. The lowest BCUT2D eigenvalue weighted by molar-refractivity contribution is -0.870. The summed E-state index contributed by atoms with van der Waals surface area (Å²) in [5.74, 6) is -0.511. The summed E-state index contributed by atoms with van der Waals surface area (Å²) in [5.41, 5.74) is 0. The number of esters is 1. The maximum Gasteiger partial charge on any atom is 0.472 e. The lowest BCUT2D eigenvalue weighted by atomic mass is 10.0. The van der Waals surface area contributed by atoms with E-state index in [9.17, 15) is 19.0 Å². The number of amides is 1. The van der Waals surface area contributed by atoms with Gasteiger partial charge >= 0.3 is 13.8 Å². The second-order valence-electron chi connectivity index (χ2n) is 18.7. The molecule has 9 nitrogen and oxygen atoms in total. The predicted molar refractivity (Wildman–Crippen MR) is 259 cm³/mol. The Bertz CT molecular complexity index is 1110. The molecule has 0 aliphatic heterocycles. The van der Waals surface area contributed by atoms with E-state index in [1.807, 2.05) is 33.3 Å². The molecule has 3 unspecified atom stereocenters. The highest BCUT2D eigenvalue weighted by molar-refractivity contribution is 7.47. The van der Waals surface area contributed by atoms with Crippen molar-refractivity contribution < 1.29 is 37.3 Å². The molecule has 0 aromatic rings. The summed E-state index contributed by atoms with van der Waals surface area (Å²) in [4.78, 5) is 37.3. The van der Waals surface area contributed by atoms with Gasteiger partial charge in [-0.1, -0.05) is 200 Å². The highest BCUT2D eigenvalue weighted by atomic mass is 31.2. The number of phosphoric acid groups is 1. The van der Waals surface area contributed by atoms with Crippen LogP contribution in [0.3, 0.4) is 0 Å². The molecule has 0 heterocycles. The minimum absolute atomic E-state index is 0.0417. The van der Waals surface area contributed by atoms with E-state index in [2.05, 4.69) is 38.2 Å². The monoisotopic (exact) mass is 884 g/mol. The van der Waals surface area contributed by atoms with E-state index in [4.69, 9.17) is 13.8 Å². The zero-order valence-electron chi connectivity index (χ0n) is 40.9. The quantitative estimate of drug-likeness (QED) is 0.0206. The first-order valence-electron chi connectivity index (χ1n) is 25.7. The van der Waals surface area contributed by atoms with E-state index in [1.165, 1.54) is 122 Å². The third-order valence-electron chi connectivity index (χ3n) is 11.4. The van der Waals surface area contributed by atoms with E-state index >= 15 is 0 Å². The van der Waals surface area contributed by atoms with Crippen LogP contribution in [0, 0.1) is 0 Å². The van der Waals surface area contributed by atoms with Gasteiger partial charge in [0.25, 0.3) is 0 Å². The van der Waals surface area contributed by atoms with Crippen molar-refractivity contribution in [2.45, 2.75) is 251 Å². The van der Waals surface area contributed by atoms with Crippen molar-refractivity contribution in [1.29, 1.82) is 0 Å². The van der Waals surface area contributed by atoms with Crippen LogP contribution in [-0.4, -0.2) is 74.3 Å². The molecular weight excluding hydrogens is 784 g/mol. The minimum atomic E-state index is -4.43. The molecular formula is C51H100N2O7P+. The van der Waals surface area contributed by atoms with Gasteiger partial charge in [0.05, 0.1) is 33.8 Å². The minimum Gasteiger partial charge on any atom is -0.456 e. The summed E-state index contributed by atoms with van der Waals surface area (Å²) in [6.45, 7) is 6.96. The van der Waals surface area contributed by atoms with E-state index in [0.29, 0.717) is 17.4 Å². The van der Waals surface area contributed by atoms with Crippen molar-refractivity contribution in [3.8, 4) is 0 Å². The first-order valence-corrected chi connectivity index (χ1v) is 27.2. The first-order chi connectivity index (χ1) is 29.4. The normalized spacial score (nSPS) is 14.1. The SMILES string of the molecule is CCCC/C=C\CCCCCCCC(=O)OC(/C=C/CCCCCCCCCCC)C(COP(=O)(O)OCC[N+](C)(C)C)NC(=O)CCCCCCCCCCCCCCC. The molecule has 0 aliphatic carbocycles. The standard InChI is InChI=1S/C51H99N2O7P/c1-7-10-13-16-19-22-25-26-29-31-34-37-40-43-50(54)52-48(47-59-61(56,57)58-46-45-53(4,5)6)49(42-39-36-33-30-27-23-20-17-14-11-8-2)60-51(55)44-41-38-35-32-28-24-21-18-15-12-9-3/h18,21,39,42,48-49H,7-17,19-20,22-38,40-41,43-47H2,1-6H3,(H-,52,54,56,57)/p+1/b21-18-,42-39+. The second kappa shape index (κ2) is 42.4. The number of rotatable bonds is 46. The van der Waals surface area contributed by atoms with E-state index < -0.39 is 20.0 Å². The Morgan fingerprint density at radius 1 is 0.557 bits per heavy atom. The number of hydrogen-bond donors (Lipinski definition) is 2. The van der Waals surface area contributed by atoms with Gasteiger partial charge in [0.15, 0.2) is 0 Å². The number of nitrogens with one attached hydrogen (secondary N) is 1. The van der Waals surface area contributed by atoms with Crippen molar-refractivity contribution in [3.05, 3.63) is 24.3 Å². The molecule has 0 aromatic heterocycles. The fraction of sp³-hybridized carbons (Fsp3) is 0.882. The molecule has 360 valence electrons. The number of hydrogen-bond acceptors (Lipinski definition) is 6. The van der Waals surface area contributed by atoms with Gasteiger partial charge in [-0.15, -0.1) is 0 Å². The second-order valence-corrected chi connectivity index (χ2v) is 20.2. The zero-order valence-corrected chi connectivity index (χ0v) is 41.8. The summed E-state index contributed by atoms with van der Waals surface area (Å²) in [5, 5.41) is 3.03. The number of allylic oxidation sites excluding steroid dienone is 3. The van der Waals surface area contributed by atoms with Crippen molar-refractivity contribution in [3.63, 3.8) is 0 Å². The number of quaternary nitrogens is 1. The van der Waals surface area contributed by atoms with Crippen molar-refractivity contribution >= 4 is 19.7 Å². The number of likely N-dealkylation sites (N-methyl/N-ethyl adjacent to an activating group) is 1. The Morgan fingerprint density at radius 2 is 0.967 bits per heavy atom. The molecule has 0 saturated carbocycles. The van der Waals surface area contributed by atoms with Crippen LogP contribution < -0.4 is 5.32 Å². The molecule has 2 N–H and O–H groups in total. The Labute approximate surface area is 377 Å². The summed E-state index contributed by atoms with van der Waals surface area (Å²) in [7, 11) is 1.50. The molecule has 0 radical (unpaired) electrons. The topological polar surface area (TPSA) is 111 Å². The molecule has 1 amide bonds. The number of unbranched alkanes of at least 4 members (excludes halogenated alkanes) is 28. The van der Waals surface area contributed by atoms with E-state index in [-0.39, 0.29) is 31.5 Å². The highest BCUT2D eigenvalue weighted by Crippen LogP contribution is 2.43. The summed E-state index contributed by atoms with van der Waals surface area (Å²) in [6.07, 6.45) is 45.9. The summed E-state index contributed by atoms with van der Waals surface area (Å²) >= 11 is 0. The number of carbonyl (C=O) groups is 2. The van der Waals surface area contributed by atoms with Gasteiger partial charge in [0.2, 0.25) is 5.91 Å². The van der Waals surface area contributed by atoms with Crippen molar-refractivity contribution in [2.24, 2.45) is 0 Å². The molecule has 61 heavy (non-hydrogen) atoms. The maximum atomic E-state index is 13.4. The number of ether oxygens (including phenoxy) is 1. The van der Waals surface area contributed by atoms with Crippen LogP contribution >= 0.6 is 7.82 Å². The fourth-order valence-corrected chi connectivity index (χ4v) is 8.07. The Morgan fingerprint density at radius 3 is 1.44 bits per heavy atom. The lowest BCUT2D eigenvalue weighted by Gasteiger charge is -2.27. The van der Waals surface area contributed by atoms with Crippen LogP contribution in [0.1, 0.15) is 239 Å². The van der Waals surface area contributed by atoms with Gasteiger partial charge in [0.1, 0.15) is 19.3 Å². The summed E-state index contributed by atoms with van der Waals surface area (Å²) in [6, 6.07) is -0.842. The lowest BCUT2D eigenvalue weighted by Crippen LogP contribution is -2.47. The molecule has 0 bridgehead atoms. The van der Waals surface area contributed by atoms with Gasteiger partial charge in [0, 0.05) is 12.8 Å². The Hall–Kier alpha value is -1.51. The molecule has 0 saturated heterocycles. The fourth-order valence-electron chi connectivity index (χ4n) is 7.33. The van der Waals surface area contributed by atoms with Crippen LogP contribution in [0.4, 0.5) is 0 Å². The summed E-state index contributed by atoms with van der Waals surface area (Å²) < 4.78 is 30.4. The Balaban J connectivity index is 5.42. The largest absolute Gasteiger partial charge is 0.472 e. The van der Waals surface area contributed by atoms with Crippen LogP contribution in [0.25, 0.3) is 0 Å². The zero-order chi connectivity index (χ0) is 45.1. The molecule has 0 aromatic carbocycles. The van der Waals surface area contributed by atoms with Crippen molar-refractivity contribution in [2.75, 3.05) is 40.9 Å². The van der Waals surface area contributed by atoms with Gasteiger partial charge in [-0.05, 0) is 51.0 Å². The third-order valence-corrected chi connectivity index (χ3v) is 12.4. The van der Waals surface area contributed by atoms with Gasteiger partial charge in [-0.25, -0.2) is 4.57 Å². The van der Waals surface area contributed by atoms with E-state index in [0.717, 1.165) is 83.5 Å². The van der Waals surface area contributed by atoms with Crippen LogP contribution in [0.2, 0.25) is 0 Å². The van der Waals surface area contributed by atoms with Crippen LogP contribution in [0.5, 0.6) is 0 Å². The number of nitrogens with zero attached hydrogens (tertiary/aromatic N) is 1. The average molecular weight is 884 g/mol. The third kappa shape index (κ3) is 43.5. The highest BCUT2D eigenvalue weighted by Gasteiger charge is 2.30. The number of phosphoric ester groups is 1. The Kier molecular flexibility index (Phi) is 41.4. The van der Waals surface area contributed by atoms with Crippen LogP contribution in [0.15, 0.2) is 24.3 Å². The number of carbonyl (C=O) groups excluding carboxylic acids is 2. The van der Waals surface area contributed by atoms with Gasteiger partial charge < -0.3 is 19.4 Å². The smallest absolute Gasteiger partial charge is 0.456 e. The molecule has 0 rings (SSSR count).